The van der Waals surface area contributed by atoms with Crippen LogP contribution in [0.25, 0.3) is 0 Å². The van der Waals surface area contributed by atoms with Gasteiger partial charge in [0, 0.05) is 12.1 Å². The quantitative estimate of drug-likeness (QED) is 0.712. The smallest absolute Gasteiger partial charge is 0.00967 e. The first-order chi connectivity index (χ1) is 9.31. The van der Waals surface area contributed by atoms with Gasteiger partial charge in [0.1, 0.15) is 0 Å². The first-order valence-corrected chi connectivity index (χ1v) is 8.13. The Morgan fingerprint density at radius 2 is 1.90 bits per heavy atom. The Morgan fingerprint density at radius 3 is 2.45 bits per heavy atom. The summed E-state index contributed by atoms with van der Waals surface area (Å²) in [7, 11) is 0. The van der Waals surface area contributed by atoms with E-state index in [1.165, 1.54) is 30.4 Å². The zero-order chi connectivity index (χ0) is 15.2. The fourth-order valence-corrected chi connectivity index (χ4v) is 2.79. The number of hydrogen-bond donors (Lipinski definition) is 1. The highest BCUT2D eigenvalue weighted by molar-refractivity contribution is 5.26. The molecule has 2 atom stereocenters. The van der Waals surface area contributed by atoms with Gasteiger partial charge in [-0.3, -0.25) is 0 Å². The van der Waals surface area contributed by atoms with Crippen molar-refractivity contribution in [2.24, 2.45) is 5.92 Å². The predicted molar refractivity (Wildman–Crippen MR) is 90.4 cm³/mol. The molecule has 0 saturated heterocycles. The predicted octanol–water partition coefficient (Wildman–Crippen LogP) is 5.29. The van der Waals surface area contributed by atoms with Crippen molar-refractivity contribution >= 4 is 0 Å². The topological polar surface area (TPSA) is 12.0 Å². The summed E-state index contributed by atoms with van der Waals surface area (Å²) in [4.78, 5) is 0. The molecule has 20 heavy (non-hydrogen) atoms. The van der Waals surface area contributed by atoms with Crippen LogP contribution in [-0.2, 0) is 0 Å². The van der Waals surface area contributed by atoms with E-state index in [1.54, 1.807) is 0 Å². The van der Waals surface area contributed by atoms with Crippen LogP contribution in [0.3, 0.4) is 0 Å². The van der Waals surface area contributed by atoms with Crippen LogP contribution in [0.4, 0.5) is 0 Å². The van der Waals surface area contributed by atoms with Crippen molar-refractivity contribution in [1.82, 2.24) is 5.32 Å². The largest absolute Gasteiger partial charge is 0.311 e. The third kappa shape index (κ3) is 6.56. The van der Waals surface area contributed by atoms with E-state index in [1.807, 2.05) is 0 Å². The fraction of sp³-hybridized carbons (Fsp3) is 0.684. The normalized spacial score (nSPS) is 15.1. The Balaban J connectivity index is 2.78. The Bertz CT molecular complexity index is 389. The molecule has 0 aliphatic carbocycles. The van der Waals surface area contributed by atoms with E-state index in [2.05, 4.69) is 71.1 Å². The summed E-state index contributed by atoms with van der Waals surface area (Å²) >= 11 is 0. The molecule has 0 fully saturated rings. The Labute approximate surface area is 126 Å². The van der Waals surface area contributed by atoms with Crippen LogP contribution in [0.1, 0.15) is 70.9 Å². The van der Waals surface area contributed by atoms with Gasteiger partial charge in [0.05, 0.1) is 0 Å². The van der Waals surface area contributed by atoms with Gasteiger partial charge in [-0.25, -0.2) is 0 Å². The standard InChI is InChI=1S/C19H33N/c1-7-9-15(2)13-18(14-20-19(4,5)6)17-11-8-10-16(3)12-17/h8,10-12,15,18,20H,7,9,13-14H2,1-6H3. The second-order valence-corrected chi connectivity index (χ2v) is 7.37. The van der Waals surface area contributed by atoms with Gasteiger partial charge in [-0.15, -0.1) is 0 Å². The van der Waals surface area contributed by atoms with E-state index in [0.29, 0.717) is 5.92 Å². The van der Waals surface area contributed by atoms with Gasteiger partial charge in [-0.05, 0) is 51.5 Å². The molecule has 114 valence electrons. The van der Waals surface area contributed by atoms with Gasteiger partial charge in [-0.2, -0.15) is 0 Å². The molecule has 1 N–H and O–H groups in total. The molecule has 0 bridgehead atoms. The second kappa shape index (κ2) is 7.83. The summed E-state index contributed by atoms with van der Waals surface area (Å²) < 4.78 is 0. The van der Waals surface area contributed by atoms with Gasteiger partial charge in [0.25, 0.3) is 0 Å². The maximum atomic E-state index is 3.69. The van der Waals surface area contributed by atoms with E-state index in [9.17, 15) is 0 Å². The third-order valence-electron chi connectivity index (χ3n) is 3.86. The summed E-state index contributed by atoms with van der Waals surface area (Å²) in [6.07, 6.45) is 3.90. The summed E-state index contributed by atoms with van der Waals surface area (Å²) in [6.45, 7) is 14.7. The SMILES string of the molecule is CCCC(C)CC(CNC(C)(C)C)c1cccc(C)c1. The van der Waals surface area contributed by atoms with Crippen molar-refractivity contribution in [3.05, 3.63) is 35.4 Å². The van der Waals surface area contributed by atoms with Gasteiger partial charge in [-0.1, -0.05) is 56.5 Å². The number of hydrogen-bond acceptors (Lipinski definition) is 1. The maximum absolute atomic E-state index is 3.69. The number of aryl methyl sites for hydroxylation is 1. The van der Waals surface area contributed by atoms with Crippen molar-refractivity contribution in [3.8, 4) is 0 Å². The van der Waals surface area contributed by atoms with Gasteiger partial charge >= 0.3 is 0 Å². The van der Waals surface area contributed by atoms with Crippen LogP contribution in [-0.4, -0.2) is 12.1 Å². The highest BCUT2D eigenvalue weighted by Crippen LogP contribution is 2.26. The third-order valence-corrected chi connectivity index (χ3v) is 3.86. The van der Waals surface area contributed by atoms with E-state index in [4.69, 9.17) is 0 Å². The lowest BCUT2D eigenvalue weighted by Crippen LogP contribution is -2.38. The maximum Gasteiger partial charge on any atom is 0.00967 e. The molecule has 1 rings (SSSR count). The molecule has 0 amide bonds. The van der Waals surface area contributed by atoms with Crippen molar-refractivity contribution in [3.63, 3.8) is 0 Å². The highest BCUT2D eigenvalue weighted by atomic mass is 14.9. The summed E-state index contributed by atoms with van der Waals surface area (Å²) in [5.74, 6) is 1.42. The van der Waals surface area contributed by atoms with Crippen molar-refractivity contribution in [2.45, 2.75) is 72.3 Å². The Morgan fingerprint density at radius 1 is 1.20 bits per heavy atom. The van der Waals surface area contributed by atoms with Gasteiger partial charge < -0.3 is 5.32 Å². The van der Waals surface area contributed by atoms with Gasteiger partial charge in [0.2, 0.25) is 0 Å². The first kappa shape index (κ1) is 17.2. The van der Waals surface area contributed by atoms with Crippen molar-refractivity contribution < 1.29 is 0 Å². The average Bonchev–Trinajstić information content (AvgIpc) is 2.33. The molecule has 0 heterocycles. The van der Waals surface area contributed by atoms with Crippen LogP contribution >= 0.6 is 0 Å². The number of benzene rings is 1. The Hall–Kier alpha value is -0.820. The first-order valence-electron chi connectivity index (χ1n) is 8.13. The van der Waals surface area contributed by atoms with Crippen LogP contribution in [0.5, 0.6) is 0 Å². The summed E-state index contributed by atoms with van der Waals surface area (Å²) in [5, 5.41) is 3.69. The minimum atomic E-state index is 0.191. The zero-order valence-corrected chi connectivity index (χ0v) is 14.3. The Kier molecular flexibility index (Phi) is 6.75. The summed E-state index contributed by atoms with van der Waals surface area (Å²) in [5.41, 5.74) is 3.05. The molecule has 0 spiro atoms. The molecule has 1 aromatic rings. The van der Waals surface area contributed by atoms with Crippen molar-refractivity contribution in [1.29, 1.82) is 0 Å². The highest BCUT2D eigenvalue weighted by Gasteiger charge is 2.18. The second-order valence-electron chi connectivity index (χ2n) is 7.37. The van der Waals surface area contributed by atoms with Crippen LogP contribution in [0.15, 0.2) is 24.3 Å². The molecule has 1 aromatic carbocycles. The molecule has 0 saturated carbocycles. The van der Waals surface area contributed by atoms with E-state index < -0.39 is 0 Å². The number of nitrogens with one attached hydrogen (secondary N) is 1. The average molecular weight is 275 g/mol. The fourth-order valence-electron chi connectivity index (χ4n) is 2.79. The van der Waals surface area contributed by atoms with E-state index in [0.717, 1.165) is 12.5 Å². The molecule has 1 heteroatoms. The van der Waals surface area contributed by atoms with Crippen LogP contribution in [0.2, 0.25) is 0 Å². The van der Waals surface area contributed by atoms with Crippen molar-refractivity contribution in [2.75, 3.05) is 6.54 Å². The molecule has 0 aliphatic rings. The van der Waals surface area contributed by atoms with E-state index >= 15 is 0 Å². The molecule has 2 unspecified atom stereocenters. The van der Waals surface area contributed by atoms with E-state index in [-0.39, 0.29) is 5.54 Å². The lowest BCUT2D eigenvalue weighted by Gasteiger charge is -2.27. The lowest BCUT2D eigenvalue weighted by molar-refractivity contribution is 0.366. The van der Waals surface area contributed by atoms with Gasteiger partial charge in [0.15, 0.2) is 0 Å². The monoisotopic (exact) mass is 275 g/mol. The minimum absolute atomic E-state index is 0.191. The lowest BCUT2D eigenvalue weighted by atomic mass is 9.86. The molecule has 0 aromatic heterocycles. The number of rotatable bonds is 7. The molecule has 0 radical (unpaired) electrons. The molecular formula is C19H33N. The van der Waals surface area contributed by atoms with Crippen LogP contribution < -0.4 is 5.32 Å². The summed E-state index contributed by atoms with van der Waals surface area (Å²) in [6, 6.07) is 9.03. The minimum Gasteiger partial charge on any atom is -0.311 e. The molecular weight excluding hydrogens is 242 g/mol. The van der Waals surface area contributed by atoms with Crippen LogP contribution in [0, 0.1) is 12.8 Å². The molecule has 1 nitrogen and oxygen atoms in total. The zero-order valence-electron chi connectivity index (χ0n) is 14.3. The molecule has 0 aliphatic heterocycles.